The summed E-state index contributed by atoms with van der Waals surface area (Å²) >= 11 is 0. The van der Waals surface area contributed by atoms with E-state index in [0.29, 0.717) is 24.4 Å². The maximum atomic E-state index is 13.2. The first-order chi connectivity index (χ1) is 14.8. The molecule has 0 atom stereocenters. The zero-order valence-corrected chi connectivity index (χ0v) is 16.5. The van der Waals surface area contributed by atoms with E-state index in [-0.39, 0.29) is 5.56 Å². The van der Waals surface area contributed by atoms with Crippen molar-refractivity contribution in [2.45, 2.75) is 12.8 Å². The van der Waals surface area contributed by atoms with Crippen molar-refractivity contribution in [2.24, 2.45) is 0 Å². The van der Waals surface area contributed by atoms with Gasteiger partial charge in [-0.25, -0.2) is 4.98 Å². The average Bonchev–Trinajstić information content (AvgIpc) is 3.11. The molecule has 3 aromatic rings. The Balaban J connectivity index is 1.65. The summed E-state index contributed by atoms with van der Waals surface area (Å²) in [5.41, 5.74) is 5.61. The van der Waals surface area contributed by atoms with E-state index >= 15 is 0 Å². The van der Waals surface area contributed by atoms with Gasteiger partial charge in [0.1, 0.15) is 5.69 Å². The SMILES string of the molecule is O=c1c(Cc2ccccc2)nc2c(Cc3ccccc3)[nH]c(-c3ccccc3)cn1-2. The lowest BCUT2D eigenvalue weighted by atomic mass is 10.1. The van der Waals surface area contributed by atoms with Crippen LogP contribution >= 0.6 is 0 Å². The molecular formula is C26H21N3O. The highest BCUT2D eigenvalue weighted by molar-refractivity contribution is 5.60. The van der Waals surface area contributed by atoms with Gasteiger partial charge in [-0.05, 0) is 16.7 Å². The Hall–Kier alpha value is -3.92. The first-order valence-electron chi connectivity index (χ1n) is 10.0. The van der Waals surface area contributed by atoms with Crippen LogP contribution in [0.5, 0.6) is 0 Å². The Morgan fingerprint density at radius 3 is 1.93 bits per heavy atom. The number of hydrogen-bond donors (Lipinski definition) is 1. The zero-order chi connectivity index (χ0) is 20.3. The molecule has 0 fully saturated rings. The van der Waals surface area contributed by atoms with E-state index in [1.807, 2.05) is 85.1 Å². The molecule has 1 N–H and O–H groups in total. The summed E-state index contributed by atoms with van der Waals surface area (Å²) in [6.45, 7) is 0. The van der Waals surface area contributed by atoms with Gasteiger partial charge >= 0.3 is 0 Å². The largest absolute Gasteiger partial charge is 0.354 e. The molecule has 4 nitrogen and oxygen atoms in total. The van der Waals surface area contributed by atoms with Crippen molar-refractivity contribution in [1.29, 1.82) is 0 Å². The van der Waals surface area contributed by atoms with Crippen molar-refractivity contribution < 1.29 is 0 Å². The maximum Gasteiger partial charge on any atom is 0.278 e. The number of benzene rings is 3. The Morgan fingerprint density at radius 2 is 1.30 bits per heavy atom. The molecule has 2 heterocycles. The highest BCUT2D eigenvalue weighted by atomic mass is 16.1. The lowest BCUT2D eigenvalue weighted by molar-refractivity contribution is 0.914. The number of rotatable bonds is 5. The van der Waals surface area contributed by atoms with Gasteiger partial charge in [-0.15, -0.1) is 0 Å². The molecule has 0 aromatic heterocycles. The fourth-order valence-electron chi connectivity index (χ4n) is 3.77. The van der Waals surface area contributed by atoms with Crippen LogP contribution in [0.2, 0.25) is 0 Å². The van der Waals surface area contributed by atoms with Crippen LogP contribution in [0.25, 0.3) is 17.1 Å². The minimum atomic E-state index is -0.0608. The van der Waals surface area contributed by atoms with Gasteiger partial charge in [0.05, 0.1) is 11.4 Å². The molecule has 0 spiro atoms. The predicted octanol–water partition coefficient (Wildman–Crippen LogP) is 4.85. The van der Waals surface area contributed by atoms with E-state index in [1.54, 1.807) is 4.57 Å². The molecule has 3 aromatic carbocycles. The molecule has 0 saturated heterocycles. The first-order valence-corrected chi connectivity index (χ1v) is 10.0. The number of hydrogen-bond acceptors (Lipinski definition) is 2. The predicted molar refractivity (Wildman–Crippen MR) is 119 cm³/mol. The number of H-pyrrole nitrogens is 1. The summed E-state index contributed by atoms with van der Waals surface area (Å²) in [6, 6.07) is 30.3. The lowest BCUT2D eigenvalue weighted by Crippen LogP contribution is -2.17. The Labute approximate surface area is 174 Å². The average molecular weight is 391 g/mol. The van der Waals surface area contributed by atoms with Crippen LogP contribution in [0.4, 0.5) is 0 Å². The van der Waals surface area contributed by atoms with E-state index in [4.69, 9.17) is 4.98 Å². The van der Waals surface area contributed by atoms with Gasteiger partial charge in [0.15, 0.2) is 5.82 Å². The third-order valence-electron chi connectivity index (χ3n) is 5.27. The summed E-state index contributed by atoms with van der Waals surface area (Å²) in [4.78, 5) is 21.5. The fourth-order valence-corrected chi connectivity index (χ4v) is 3.77. The third kappa shape index (κ3) is 3.55. The van der Waals surface area contributed by atoms with E-state index in [1.165, 1.54) is 5.56 Å². The minimum Gasteiger partial charge on any atom is -0.354 e. The minimum absolute atomic E-state index is 0.0608. The molecule has 2 aliphatic heterocycles. The molecule has 0 radical (unpaired) electrons. The molecule has 0 saturated carbocycles. The molecule has 0 unspecified atom stereocenters. The summed E-state index contributed by atoms with van der Waals surface area (Å²) in [6.07, 6.45) is 3.06. The van der Waals surface area contributed by atoms with Crippen LogP contribution < -0.4 is 5.56 Å². The number of nitrogens with one attached hydrogen (secondary N) is 1. The van der Waals surface area contributed by atoms with Gasteiger partial charge in [0, 0.05) is 19.0 Å². The van der Waals surface area contributed by atoms with Crippen molar-refractivity contribution >= 4 is 0 Å². The molecule has 30 heavy (non-hydrogen) atoms. The second-order valence-electron chi connectivity index (χ2n) is 7.39. The van der Waals surface area contributed by atoms with Crippen molar-refractivity contribution in [2.75, 3.05) is 0 Å². The van der Waals surface area contributed by atoms with Crippen LogP contribution in [0.15, 0.2) is 102 Å². The number of aromatic nitrogens is 3. The van der Waals surface area contributed by atoms with Crippen molar-refractivity contribution in [3.05, 3.63) is 130 Å². The molecule has 5 rings (SSSR count). The van der Waals surface area contributed by atoms with Gasteiger partial charge in [0.2, 0.25) is 0 Å². The standard InChI is InChI=1S/C26H21N3O/c30-26-23(17-20-12-6-2-7-13-20)28-25-22(16-19-10-4-1-5-11-19)27-24(18-29(25)26)21-14-8-3-9-15-21/h1-15,18,27H,16-17H2. The molecule has 0 aliphatic carbocycles. The molecule has 4 heteroatoms. The highest BCUT2D eigenvalue weighted by Gasteiger charge is 2.20. The smallest absolute Gasteiger partial charge is 0.278 e. The van der Waals surface area contributed by atoms with Crippen LogP contribution in [0, 0.1) is 0 Å². The van der Waals surface area contributed by atoms with E-state index in [9.17, 15) is 4.79 Å². The van der Waals surface area contributed by atoms with Crippen molar-refractivity contribution in [1.82, 2.24) is 14.5 Å². The van der Waals surface area contributed by atoms with Crippen LogP contribution in [-0.4, -0.2) is 14.5 Å². The normalized spacial score (nSPS) is 11.1. The van der Waals surface area contributed by atoms with E-state index in [0.717, 1.165) is 22.5 Å². The second-order valence-corrected chi connectivity index (χ2v) is 7.39. The van der Waals surface area contributed by atoms with Crippen LogP contribution in [0.1, 0.15) is 22.5 Å². The summed E-state index contributed by atoms with van der Waals surface area (Å²) in [7, 11) is 0. The molecular weight excluding hydrogens is 370 g/mol. The lowest BCUT2D eigenvalue weighted by Gasteiger charge is -2.13. The van der Waals surface area contributed by atoms with Gasteiger partial charge in [-0.2, -0.15) is 0 Å². The monoisotopic (exact) mass is 391 g/mol. The maximum absolute atomic E-state index is 13.2. The van der Waals surface area contributed by atoms with Gasteiger partial charge < -0.3 is 4.98 Å². The van der Waals surface area contributed by atoms with Gasteiger partial charge in [-0.3, -0.25) is 9.36 Å². The first kappa shape index (κ1) is 18.1. The number of aromatic amines is 1. The molecule has 2 aliphatic rings. The Kier molecular flexibility index (Phi) is 4.74. The second kappa shape index (κ2) is 7.84. The molecule has 146 valence electrons. The van der Waals surface area contributed by atoms with E-state index < -0.39 is 0 Å². The Bertz CT molecular complexity index is 1290. The van der Waals surface area contributed by atoms with E-state index in [2.05, 4.69) is 17.1 Å². The van der Waals surface area contributed by atoms with Gasteiger partial charge in [-0.1, -0.05) is 91.0 Å². The topological polar surface area (TPSA) is 50.7 Å². The van der Waals surface area contributed by atoms with Crippen molar-refractivity contribution in [3.63, 3.8) is 0 Å². The highest BCUT2D eigenvalue weighted by Crippen LogP contribution is 2.23. The van der Waals surface area contributed by atoms with Crippen molar-refractivity contribution in [3.8, 4) is 17.1 Å². The summed E-state index contributed by atoms with van der Waals surface area (Å²) in [5, 5.41) is 0. The molecule has 0 bridgehead atoms. The fraction of sp³-hybridized carbons (Fsp3) is 0.0769. The summed E-state index contributed by atoms with van der Waals surface area (Å²) in [5.74, 6) is 0.689. The number of fused-ring (bicyclic) bond motifs is 1. The van der Waals surface area contributed by atoms with Gasteiger partial charge in [0.25, 0.3) is 5.56 Å². The van der Waals surface area contributed by atoms with Crippen LogP contribution in [-0.2, 0) is 12.8 Å². The third-order valence-corrected chi connectivity index (χ3v) is 5.27. The molecule has 0 amide bonds. The zero-order valence-electron chi connectivity index (χ0n) is 16.5. The number of nitrogens with zero attached hydrogens (tertiary/aromatic N) is 2. The number of imidazole rings is 1. The quantitative estimate of drug-likeness (QED) is 0.466. The summed E-state index contributed by atoms with van der Waals surface area (Å²) < 4.78 is 1.69. The van der Waals surface area contributed by atoms with Crippen LogP contribution in [0.3, 0.4) is 0 Å². The Morgan fingerprint density at radius 1 is 0.733 bits per heavy atom.